The van der Waals surface area contributed by atoms with Crippen molar-refractivity contribution in [1.82, 2.24) is 0 Å². The van der Waals surface area contributed by atoms with E-state index in [4.69, 9.17) is 16.3 Å². The van der Waals surface area contributed by atoms with Gasteiger partial charge in [0.05, 0.1) is 13.0 Å². The first-order valence-corrected chi connectivity index (χ1v) is 8.00. The molecule has 3 atom stereocenters. The summed E-state index contributed by atoms with van der Waals surface area (Å²) >= 11 is 6.11. The van der Waals surface area contributed by atoms with Gasteiger partial charge < -0.3 is 9.84 Å². The van der Waals surface area contributed by atoms with Gasteiger partial charge in [-0.05, 0) is 48.9 Å². The molecule has 0 spiro atoms. The third kappa shape index (κ3) is 3.70. The summed E-state index contributed by atoms with van der Waals surface area (Å²) in [6.07, 6.45) is 4.94. The summed E-state index contributed by atoms with van der Waals surface area (Å²) in [5.74, 6) is 0.274. The molecule has 2 rings (SSSR count). The summed E-state index contributed by atoms with van der Waals surface area (Å²) in [5.41, 5.74) is 0.943. The monoisotopic (exact) mass is 310 g/mol. The van der Waals surface area contributed by atoms with Crippen LogP contribution in [0.15, 0.2) is 18.2 Å². The first-order chi connectivity index (χ1) is 10.1. The van der Waals surface area contributed by atoms with E-state index in [2.05, 4.69) is 6.92 Å². The van der Waals surface area contributed by atoms with Crippen molar-refractivity contribution < 1.29 is 14.6 Å². The number of hydrogen-bond donors (Lipinski definition) is 1. The average Bonchev–Trinajstić information content (AvgIpc) is 2.47. The van der Waals surface area contributed by atoms with E-state index in [0.29, 0.717) is 10.9 Å². The van der Waals surface area contributed by atoms with Gasteiger partial charge in [-0.3, -0.25) is 4.79 Å². The van der Waals surface area contributed by atoms with Crippen LogP contribution in [0.5, 0.6) is 5.75 Å². The molecule has 0 heterocycles. The fraction of sp³-hybridized carbons (Fsp3) is 0.588. The zero-order valence-electron chi connectivity index (χ0n) is 12.6. The molecule has 4 heteroatoms. The minimum atomic E-state index is -0.711. The van der Waals surface area contributed by atoms with Crippen LogP contribution in [-0.2, 0) is 4.79 Å². The molecule has 1 aromatic rings. The van der Waals surface area contributed by atoms with Crippen molar-refractivity contribution in [2.45, 2.75) is 44.9 Å². The number of halogens is 1. The van der Waals surface area contributed by atoms with Gasteiger partial charge in [0.25, 0.3) is 0 Å². The number of hydrogen-bond acceptors (Lipinski definition) is 2. The molecule has 1 aromatic carbocycles. The maximum Gasteiger partial charge on any atom is 0.307 e. The second kappa shape index (κ2) is 7.17. The lowest BCUT2D eigenvalue weighted by atomic mass is 9.70. The molecule has 21 heavy (non-hydrogen) atoms. The van der Waals surface area contributed by atoms with E-state index in [1.165, 1.54) is 0 Å². The van der Waals surface area contributed by atoms with Crippen LogP contribution >= 0.6 is 11.6 Å². The molecule has 0 radical (unpaired) electrons. The summed E-state index contributed by atoms with van der Waals surface area (Å²) in [6, 6.07) is 5.49. The zero-order chi connectivity index (χ0) is 15.4. The van der Waals surface area contributed by atoms with Crippen LogP contribution in [0.1, 0.15) is 50.5 Å². The van der Waals surface area contributed by atoms with Gasteiger partial charge in [-0.15, -0.1) is 0 Å². The molecule has 0 aromatic heterocycles. The Bertz CT molecular complexity index is 501. The Balaban J connectivity index is 2.35. The van der Waals surface area contributed by atoms with Crippen molar-refractivity contribution in [3.63, 3.8) is 0 Å². The molecule has 3 nitrogen and oxygen atoms in total. The topological polar surface area (TPSA) is 46.5 Å². The number of rotatable bonds is 5. The van der Waals surface area contributed by atoms with Crippen molar-refractivity contribution in [3.8, 4) is 5.75 Å². The molecule has 1 N–H and O–H groups in total. The minimum absolute atomic E-state index is 0.0125. The van der Waals surface area contributed by atoms with E-state index in [0.717, 1.165) is 43.4 Å². The lowest BCUT2D eigenvalue weighted by Crippen LogP contribution is -2.29. The van der Waals surface area contributed by atoms with Crippen LogP contribution in [0, 0.1) is 11.8 Å². The number of aliphatic carboxylic acids is 1. The lowest BCUT2D eigenvalue weighted by molar-refractivity contribution is -0.143. The SMILES string of the molecule is CCCC1CCC(C(=O)O)C(c2cc(Cl)ccc2OC)C1. The van der Waals surface area contributed by atoms with Crippen molar-refractivity contribution in [2.75, 3.05) is 7.11 Å². The number of carbonyl (C=O) groups is 1. The second-order valence-corrected chi connectivity index (χ2v) is 6.34. The predicted octanol–water partition coefficient (Wildman–Crippen LogP) is 4.73. The van der Waals surface area contributed by atoms with E-state index in [9.17, 15) is 9.90 Å². The Morgan fingerprint density at radius 3 is 2.81 bits per heavy atom. The molecule has 1 aliphatic carbocycles. The summed E-state index contributed by atoms with van der Waals surface area (Å²) in [4.78, 5) is 11.6. The molecular weight excluding hydrogens is 288 g/mol. The van der Waals surface area contributed by atoms with Crippen molar-refractivity contribution >= 4 is 17.6 Å². The third-order valence-electron chi connectivity index (χ3n) is 4.56. The fourth-order valence-corrected chi connectivity index (χ4v) is 3.74. The normalized spacial score (nSPS) is 25.6. The highest BCUT2D eigenvalue weighted by Gasteiger charge is 2.37. The van der Waals surface area contributed by atoms with E-state index >= 15 is 0 Å². The molecular formula is C17H23ClO3. The van der Waals surface area contributed by atoms with Gasteiger partial charge in [0.2, 0.25) is 0 Å². The number of ether oxygens (including phenoxy) is 1. The first-order valence-electron chi connectivity index (χ1n) is 7.63. The quantitative estimate of drug-likeness (QED) is 0.855. The van der Waals surface area contributed by atoms with E-state index in [-0.39, 0.29) is 11.8 Å². The smallest absolute Gasteiger partial charge is 0.307 e. The number of benzene rings is 1. The first kappa shape index (κ1) is 16.2. The highest BCUT2D eigenvalue weighted by molar-refractivity contribution is 6.30. The van der Waals surface area contributed by atoms with Gasteiger partial charge in [0.15, 0.2) is 0 Å². The molecule has 0 aliphatic heterocycles. The maximum atomic E-state index is 11.6. The summed E-state index contributed by atoms with van der Waals surface area (Å²) in [6.45, 7) is 2.18. The number of carboxylic acids is 1. The third-order valence-corrected chi connectivity index (χ3v) is 4.80. The van der Waals surface area contributed by atoms with Crippen LogP contribution in [0.2, 0.25) is 5.02 Å². The summed E-state index contributed by atoms with van der Waals surface area (Å²) in [5, 5.41) is 10.2. The van der Waals surface area contributed by atoms with Gasteiger partial charge >= 0.3 is 5.97 Å². The molecule has 1 aliphatic rings. The predicted molar refractivity (Wildman–Crippen MR) is 84.1 cm³/mol. The molecule has 0 amide bonds. The van der Waals surface area contributed by atoms with Gasteiger partial charge in [-0.1, -0.05) is 31.4 Å². The van der Waals surface area contributed by atoms with E-state index in [1.54, 1.807) is 13.2 Å². The average molecular weight is 311 g/mol. The van der Waals surface area contributed by atoms with Crippen LogP contribution in [0.4, 0.5) is 0 Å². The summed E-state index contributed by atoms with van der Waals surface area (Å²) in [7, 11) is 1.62. The van der Waals surface area contributed by atoms with E-state index in [1.807, 2.05) is 12.1 Å². The Morgan fingerprint density at radius 2 is 2.19 bits per heavy atom. The van der Waals surface area contributed by atoms with Gasteiger partial charge in [-0.2, -0.15) is 0 Å². The Hall–Kier alpha value is -1.22. The highest BCUT2D eigenvalue weighted by Crippen LogP contribution is 2.45. The van der Waals surface area contributed by atoms with Gasteiger partial charge in [-0.25, -0.2) is 0 Å². The largest absolute Gasteiger partial charge is 0.496 e. The van der Waals surface area contributed by atoms with Crippen molar-refractivity contribution in [3.05, 3.63) is 28.8 Å². The minimum Gasteiger partial charge on any atom is -0.496 e. The molecule has 0 bridgehead atoms. The van der Waals surface area contributed by atoms with Crippen LogP contribution < -0.4 is 4.74 Å². The zero-order valence-corrected chi connectivity index (χ0v) is 13.4. The maximum absolute atomic E-state index is 11.6. The Kier molecular flexibility index (Phi) is 5.51. The molecule has 0 saturated heterocycles. The van der Waals surface area contributed by atoms with Crippen LogP contribution in [0.25, 0.3) is 0 Å². The standard InChI is InChI=1S/C17H23ClO3/c1-3-4-11-5-7-13(17(19)20)14(9-11)15-10-12(18)6-8-16(15)21-2/h6,8,10-11,13-14H,3-5,7,9H2,1-2H3,(H,19,20). The molecule has 1 fully saturated rings. The number of methoxy groups -OCH3 is 1. The molecule has 3 unspecified atom stereocenters. The summed E-state index contributed by atoms with van der Waals surface area (Å²) < 4.78 is 5.43. The van der Waals surface area contributed by atoms with E-state index < -0.39 is 5.97 Å². The molecule has 116 valence electrons. The fourth-order valence-electron chi connectivity index (χ4n) is 3.56. The Labute approximate surface area is 131 Å². The van der Waals surface area contributed by atoms with Crippen LogP contribution in [0.3, 0.4) is 0 Å². The molecule has 1 saturated carbocycles. The van der Waals surface area contributed by atoms with Crippen molar-refractivity contribution in [2.24, 2.45) is 11.8 Å². The second-order valence-electron chi connectivity index (χ2n) is 5.91. The Morgan fingerprint density at radius 1 is 1.43 bits per heavy atom. The van der Waals surface area contributed by atoms with Crippen LogP contribution in [-0.4, -0.2) is 18.2 Å². The van der Waals surface area contributed by atoms with Gasteiger partial charge in [0.1, 0.15) is 5.75 Å². The highest BCUT2D eigenvalue weighted by atomic mass is 35.5. The van der Waals surface area contributed by atoms with Crippen molar-refractivity contribution in [1.29, 1.82) is 0 Å². The number of carboxylic acid groups (broad SMARTS) is 1. The van der Waals surface area contributed by atoms with Gasteiger partial charge in [0, 0.05) is 10.9 Å². The lowest BCUT2D eigenvalue weighted by Gasteiger charge is -2.35.